The highest BCUT2D eigenvalue weighted by Crippen LogP contribution is 2.41. The third-order valence-electron chi connectivity index (χ3n) is 9.39. The van der Waals surface area contributed by atoms with E-state index in [0.29, 0.717) is 55.2 Å². The van der Waals surface area contributed by atoms with E-state index in [1.54, 1.807) is 4.57 Å². The molecule has 0 radical (unpaired) electrons. The maximum Gasteiger partial charge on any atom is 0.264 e. The van der Waals surface area contributed by atoms with Gasteiger partial charge in [-0.2, -0.15) is 0 Å². The number of aromatic nitrogens is 4. The standard InChI is InChI=1S/C40H22N4O3/c45-37-23-11-1-6-16-30(23)42(31-17-7-2-12-24(31)37)35-21-27-28(40(47)44-34-20-10-5-15-29(34)41-39(27)44)22-36(35)43-32-18-8-3-13-25(32)38(46)26-14-4-9-19-33(26)43/h1-22H. The predicted octanol–water partition coefficient (Wildman–Crippen LogP) is 7.62. The van der Waals surface area contributed by atoms with Gasteiger partial charge in [0.2, 0.25) is 0 Å². The van der Waals surface area contributed by atoms with Gasteiger partial charge in [-0.05, 0) is 72.8 Å². The van der Waals surface area contributed by atoms with Crippen molar-refractivity contribution in [2.45, 2.75) is 0 Å². The number of rotatable bonds is 2. The lowest BCUT2D eigenvalue weighted by Crippen LogP contribution is -2.15. The van der Waals surface area contributed by atoms with Gasteiger partial charge in [-0.3, -0.25) is 19.0 Å². The van der Waals surface area contributed by atoms with Crippen LogP contribution in [0.2, 0.25) is 0 Å². The Bertz CT molecular complexity index is 2860. The molecule has 0 bridgehead atoms. The van der Waals surface area contributed by atoms with Crippen molar-refractivity contribution in [1.29, 1.82) is 0 Å². The van der Waals surface area contributed by atoms with E-state index in [1.807, 2.05) is 133 Å². The van der Waals surface area contributed by atoms with E-state index in [-0.39, 0.29) is 16.8 Å². The Hall–Kier alpha value is -6.60. The number of fused-ring (bicyclic) bond motifs is 9. The van der Waals surface area contributed by atoms with Gasteiger partial charge < -0.3 is 9.13 Å². The summed E-state index contributed by atoms with van der Waals surface area (Å²) < 4.78 is 5.84. The van der Waals surface area contributed by atoms with Crippen LogP contribution in [-0.4, -0.2) is 24.6 Å². The van der Waals surface area contributed by atoms with Gasteiger partial charge in [0.15, 0.2) is 10.9 Å². The number of carbonyl (C=O) groups excluding carboxylic acids is 1. The van der Waals surface area contributed by atoms with Gasteiger partial charge >= 0.3 is 0 Å². The van der Waals surface area contributed by atoms with Crippen molar-refractivity contribution >= 4 is 60.6 Å². The van der Waals surface area contributed by atoms with E-state index in [0.717, 1.165) is 27.8 Å². The summed E-state index contributed by atoms with van der Waals surface area (Å²) in [5, 5.41) is 2.29. The van der Waals surface area contributed by atoms with Gasteiger partial charge in [-0.25, -0.2) is 4.98 Å². The third-order valence-corrected chi connectivity index (χ3v) is 9.39. The minimum atomic E-state index is -0.166. The first-order valence-corrected chi connectivity index (χ1v) is 15.4. The summed E-state index contributed by atoms with van der Waals surface area (Å²) in [6.07, 6.45) is 0. The van der Waals surface area contributed by atoms with Crippen LogP contribution in [0.1, 0.15) is 10.4 Å². The third kappa shape index (κ3) is 3.34. The summed E-state index contributed by atoms with van der Waals surface area (Å²) in [6.45, 7) is 0. The van der Waals surface area contributed by atoms with Crippen LogP contribution in [0.25, 0.3) is 77.4 Å². The summed E-state index contributed by atoms with van der Waals surface area (Å²) in [5.41, 5.74) is 6.89. The van der Waals surface area contributed by atoms with Crippen molar-refractivity contribution in [3.63, 3.8) is 0 Å². The number of benzene rings is 6. The molecule has 7 nitrogen and oxygen atoms in total. The average molecular weight is 607 g/mol. The monoisotopic (exact) mass is 606 g/mol. The number of hydrogen-bond acceptors (Lipinski definition) is 4. The van der Waals surface area contributed by atoms with Gasteiger partial charge in [-0.1, -0.05) is 60.7 Å². The van der Waals surface area contributed by atoms with Crippen LogP contribution in [0.5, 0.6) is 0 Å². The van der Waals surface area contributed by atoms with Gasteiger partial charge in [0.05, 0.1) is 50.0 Å². The zero-order chi connectivity index (χ0) is 31.4. The van der Waals surface area contributed by atoms with E-state index in [4.69, 9.17) is 4.98 Å². The van der Waals surface area contributed by atoms with Crippen LogP contribution < -0.4 is 10.9 Å². The van der Waals surface area contributed by atoms with Crippen LogP contribution in [0.4, 0.5) is 0 Å². The molecule has 7 heteroatoms. The molecule has 10 rings (SSSR count). The summed E-state index contributed by atoms with van der Waals surface area (Å²) in [6, 6.07) is 41.8. The summed E-state index contributed by atoms with van der Waals surface area (Å²) in [5.74, 6) is 0.407. The zero-order valence-electron chi connectivity index (χ0n) is 24.7. The van der Waals surface area contributed by atoms with E-state index < -0.39 is 0 Å². The molecule has 0 saturated carbocycles. The average Bonchev–Trinajstić information content (AvgIpc) is 3.63. The fourth-order valence-corrected chi connectivity index (χ4v) is 7.34. The van der Waals surface area contributed by atoms with Crippen LogP contribution in [0, 0.1) is 0 Å². The van der Waals surface area contributed by atoms with Crippen molar-refractivity contribution in [2.24, 2.45) is 0 Å². The first-order valence-electron chi connectivity index (χ1n) is 15.4. The molecule has 0 fully saturated rings. The largest absolute Gasteiger partial charge is 0.307 e. The van der Waals surface area contributed by atoms with E-state index in [1.165, 1.54) is 0 Å². The van der Waals surface area contributed by atoms with Crippen molar-refractivity contribution in [3.05, 3.63) is 159 Å². The van der Waals surface area contributed by atoms with E-state index in [2.05, 4.69) is 9.13 Å². The molecule has 3 aromatic heterocycles. The summed E-state index contributed by atoms with van der Waals surface area (Å²) in [7, 11) is 0. The molecule has 0 saturated heterocycles. The molecule has 0 spiro atoms. The Labute approximate surface area is 265 Å². The second-order valence-corrected chi connectivity index (χ2v) is 11.8. The second kappa shape index (κ2) is 9.22. The Morgan fingerprint density at radius 3 is 1.26 bits per heavy atom. The lowest BCUT2D eigenvalue weighted by atomic mass is 10.0. The molecule has 0 unspecified atom stereocenters. The number of carbonyl (C=O) groups is 1. The van der Waals surface area contributed by atoms with E-state index >= 15 is 0 Å². The van der Waals surface area contributed by atoms with Gasteiger partial charge in [0, 0.05) is 27.1 Å². The molecule has 0 atom stereocenters. The molecule has 4 heterocycles. The van der Waals surface area contributed by atoms with Crippen LogP contribution in [0.15, 0.2) is 143 Å². The fourth-order valence-electron chi connectivity index (χ4n) is 7.34. The minimum absolute atomic E-state index is 0.0496. The first-order chi connectivity index (χ1) is 23.1. The molecule has 220 valence electrons. The first kappa shape index (κ1) is 25.7. The smallest absolute Gasteiger partial charge is 0.264 e. The van der Waals surface area contributed by atoms with E-state index in [9.17, 15) is 14.4 Å². The highest BCUT2D eigenvalue weighted by Gasteiger charge is 2.33. The van der Waals surface area contributed by atoms with Crippen LogP contribution in [0.3, 0.4) is 0 Å². The lowest BCUT2D eigenvalue weighted by molar-refractivity contribution is 0.0973. The molecule has 0 amide bonds. The van der Waals surface area contributed by atoms with Gasteiger partial charge in [0.1, 0.15) is 5.82 Å². The van der Waals surface area contributed by atoms with Crippen molar-refractivity contribution in [1.82, 2.24) is 18.7 Å². The van der Waals surface area contributed by atoms with Gasteiger partial charge in [-0.15, -0.1) is 0 Å². The minimum Gasteiger partial charge on any atom is -0.307 e. The molecule has 0 aliphatic carbocycles. The number of imidazole rings is 1. The number of nitrogens with zero attached hydrogens (tertiary/aromatic N) is 4. The second-order valence-electron chi connectivity index (χ2n) is 11.8. The molecule has 1 aliphatic rings. The SMILES string of the molecule is O=C1c2cc(-n3c4ccccc4c(=O)c4ccccc43)c(-n3c4ccccc4c(=O)c4ccccc43)cc2-c2nc3ccccc3n21. The molecule has 0 N–H and O–H groups in total. The highest BCUT2D eigenvalue weighted by molar-refractivity contribution is 6.14. The Morgan fingerprint density at radius 1 is 0.404 bits per heavy atom. The fraction of sp³-hybridized carbons (Fsp3) is 0. The zero-order valence-corrected chi connectivity index (χ0v) is 24.7. The summed E-state index contributed by atoms with van der Waals surface area (Å²) >= 11 is 0. The normalized spacial score (nSPS) is 12.5. The van der Waals surface area contributed by atoms with Crippen molar-refractivity contribution < 1.29 is 4.79 Å². The molecular formula is C40H22N4O3. The maximum atomic E-state index is 14.3. The van der Waals surface area contributed by atoms with Gasteiger partial charge in [0.25, 0.3) is 5.91 Å². The van der Waals surface area contributed by atoms with Crippen molar-refractivity contribution in [2.75, 3.05) is 0 Å². The molecule has 6 aromatic carbocycles. The highest BCUT2D eigenvalue weighted by atomic mass is 16.2. The Kier molecular flexibility index (Phi) is 5.04. The topological polar surface area (TPSA) is 78.9 Å². The predicted molar refractivity (Wildman–Crippen MR) is 186 cm³/mol. The van der Waals surface area contributed by atoms with Crippen molar-refractivity contribution in [3.8, 4) is 22.8 Å². The Balaban J connectivity index is 1.45. The molecule has 47 heavy (non-hydrogen) atoms. The molecule has 1 aliphatic heterocycles. The van der Waals surface area contributed by atoms with Crippen LogP contribution >= 0.6 is 0 Å². The molecular weight excluding hydrogens is 584 g/mol. The number of hydrogen-bond donors (Lipinski definition) is 0. The quantitative estimate of drug-likeness (QED) is 0.190. The number of pyridine rings is 2. The number of para-hydroxylation sites is 6. The maximum absolute atomic E-state index is 14.3. The van der Waals surface area contributed by atoms with Crippen LogP contribution in [-0.2, 0) is 0 Å². The lowest BCUT2D eigenvalue weighted by Gasteiger charge is -2.23. The summed E-state index contributed by atoms with van der Waals surface area (Å²) in [4.78, 5) is 46.7. The molecule has 9 aromatic rings. The Morgan fingerprint density at radius 2 is 0.787 bits per heavy atom.